The molecule has 0 aliphatic heterocycles. The molecule has 0 amide bonds. The number of esters is 1. The van der Waals surface area contributed by atoms with Gasteiger partial charge in [-0.05, 0) is 18.5 Å². The fraction of sp³-hybridized carbons (Fsp3) is 0.222. The molecule has 0 bridgehead atoms. The van der Waals surface area contributed by atoms with Gasteiger partial charge in [0, 0.05) is 0 Å². The lowest BCUT2D eigenvalue weighted by Gasteiger charge is -2.06. The van der Waals surface area contributed by atoms with Gasteiger partial charge in [0.2, 0.25) is 5.28 Å². The van der Waals surface area contributed by atoms with E-state index in [0.29, 0.717) is 11.4 Å². The molecule has 0 fully saturated rings. The molecular weight excluding hydrogens is 260 g/mol. The number of aromatic nitrogens is 5. The highest BCUT2D eigenvalue weighted by Crippen LogP contribution is 2.18. The number of hydrogen-bond acceptors (Lipinski definition) is 7. The minimum absolute atomic E-state index is 0.0341. The van der Waals surface area contributed by atoms with Crippen molar-refractivity contribution in [1.29, 1.82) is 0 Å². The van der Waals surface area contributed by atoms with E-state index in [2.05, 4.69) is 24.8 Å². The van der Waals surface area contributed by atoms with Crippen LogP contribution in [0.1, 0.15) is 16.3 Å². The number of nitrogens with zero attached hydrogens (tertiary/aromatic N) is 5. The number of anilines is 1. The van der Waals surface area contributed by atoms with Crippen LogP contribution in [0, 0.1) is 6.92 Å². The number of carbonyl (C=O) groups excluding carboxylic acids is 1. The zero-order valence-corrected chi connectivity index (χ0v) is 10.3. The highest BCUT2D eigenvalue weighted by Gasteiger charge is 2.15. The quantitative estimate of drug-likeness (QED) is 0.620. The summed E-state index contributed by atoms with van der Waals surface area (Å²) in [7, 11) is 1.24. The lowest BCUT2D eigenvalue weighted by atomic mass is 10.3. The third-order valence-electron chi connectivity index (χ3n) is 2.17. The predicted molar refractivity (Wildman–Crippen MR) is 62.4 cm³/mol. The number of rotatable bonds is 2. The minimum Gasteiger partial charge on any atom is -0.463 e. The molecule has 2 rings (SSSR count). The summed E-state index contributed by atoms with van der Waals surface area (Å²) in [5.41, 5.74) is 6.63. The Hall–Kier alpha value is -2.22. The monoisotopic (exact) mass is 268 g/mol. The van der Waals surface area contributed by atoms with Crippen molar-refractivity contribution in [2.24, 2.45) is 0 Å². The first-order chi connectivity index (χ1) is 8.52. The van der Waals surface area contributed by atoms with Crippen molar-refractivity contribution >= 4 is 23.3 Å². The van der Waals surface area contributed by atoms with E-state index >= 15 is 0 Å². The highest BCUT2D eigenvalue weighted by molar-refractivity contribution is 6.28. The molecule has 0 saturated heterocycles. The molecule has 0 aliphatic rings. The Morgan fingerprint density at radius 1 is 1.50 bits per heavy atom. The molecule has 2 N–H and O–H groups in total. The second kappa shape index (κ2) is 4.57. The Labute approximate surface area is 107 Å². The zero-order chi connectivity index (χ0) is 13.3. The van der Waals surface area contributed by atoms with Crippen LogP contribution in [0.4, 0.5) is 5.69 Å². The molecule has 0 saturated carbocycles. The van der Waals surface area contributed by atoms with E-state index in [1.165, 1.54) is 18.1 Å². The van der Waals surface area contributed by atoms with Crippen molar-refractivity contribution in [3.63, 3.8) is 0 Å². The van der Waals surface area contributed by atoms with Crippen molar-refractivity contribution in [3.8, 4) is 5.82 Å². The van der Waals surface area contributed by atoms with Crippen LogP contribution in [0.2, 0.25) is 5.28 Å². The van der Waals surface area contributed by atoms with Gasteiger partial charge in [-0.3, -0.25) is 0 Å². The fourth-order valence-corrected chi connectivity index (χ4v) is 1.46. The van der Waals surface area contributed by atoms with Gasteiger partial charge in [-0.25, -0.2) is 14.8 Å². The second-order valence-electron chi connectivity index (χ2n) is 3.32. The van der Waals surface area contributed by atoms with E-state index in [1.54, 1.807) is 6.92 Å². The predicted octanol–water partition coefficient (Wildman–Crippen LogP) is 0.388. The molecule has 18 heavy (non-hydrogen) atoms. The summed E-state index contributed by atoms with van der Waals surface area (Å²) in [6.07, 6.45) is 1.29. The molecule has 8 nitrogen and oxygen atoms in total. The van der Waals surface area contributed by atoms with Gasteiger partial charge in [-0.2, -0.15) is 9.67 Å². The molecule has 2 aromatic heterocycles. The summed E-state index contributed by atoms with van der Waals surface area (Å²) >= 11 is 5.74. The Morgan fingerprint density at radius 3 is 2.89 bits per heavy atom. The van der Waals surface area contributed by atoms with Crippen molar-refractivity contribution in [2.45, 2.75) is 6.92 Å². The van der Waals surface area contributed by atoms with Crippen molar-refractivity contribution < 1.29 is 9.53 Å². The van der Waals surface area contributed by atoms with Crippen LogP contribution in [-0.4, -0.2) is 37.8 Å². The van der Waals surface area contributed by atoms with Crippen molar-refractivity contribution in [1.82, 2.24) is 24.7 Å². The van der Waals surface area contributed by atoms with Crippen molar-refractivity contribution in [2.75, 3.05) is 12.8 Å². The first kappa shape index (κ1) is 12.2. The minimum atomic E-state index is -0.649. The standard InChI is InChI=1S/C9H9ClN6O2/c1-4-5(11)7(14-9(10)13-4)16-3-12-6(15-16)8(17)18-2/h3H,11H2,1-2H3. The van der Waals surface area contributed by atoms with Crippen LogP contribution in [-0.2, 0) is 4.74 Å². The molecule has 9 heteroatoms. The van der Waals surface area contributed by atoms with Gasteiger partial charge in [0.25, 0.3) is 5.82 Å². The van der Waals surface area contributed by atoms with Gasteiger partial charge in [-0.1, -0.05) is 0 Å². The number of halogens is 1. The van der Waals surface area contributed by atoms with Crippen molar-refractivity contribution in [3.05, 3.63) is 23.1 Å². The van der Waals surface area contributed by atoms with Gasteiger partial charge in [0.15, 0.2) is 5.82 Å². The maximum Gasteiger partial charge on any atom is 0.377 e. The number of hydrogen-bond donors (Lipinski definition) is 1. The summed E-state index contributed by atoms with van der Waals surface area (Å²) in [4.78, 5) is 22.8. The molecule has 94 valence electrons. The lowest BCUT2D eigenvalue weighted by molar-refractivity contribution is 0.0587. The Kier molecular flexibility index (Phi) is 3.11. The maximum absolute atomic E-state index is 11.2. The fourth-order valence-electron chi connectivity index (χ4n) is 1.26. The van der Waals surface area contributed by atoms with Gasteiger partial charge in [0.05, 0.1) is 18.5 Å². The molecule has 2 aromatic rings. The summed E-state index contributed by atoms with van der Waals surface area (Å²) < 4.78 is 5.73. The Bertz CT molecular complexity index is 611. The highest BCUT2D eigenvalue weighted by atomic mass is 35.5. The number of carbonyl (C=O) groups is 1. The smallest absolute Gasteiger partial charge is 0.377 e. The van der Waals surface area contributed by atoms with Crippen LogP contribution >= 0.6 is 11.6 Å². The van der Waals surface area contributed by atoms with E-state index in [0.717, 1.165) is 0 Å². The summed E-state index contributed by atoms with van der Waals surface area (Å²) in [6.45, 7) is 1.69. The van der Waals surface area contributed by atoms with E-state index in [9.17, 15) is 4.79 Å². The lowest BCUT2D eigenvalue weighted by Crippen LogP contribution is -2.09. The van der Waals surface area contributed by atoms with Gasteiger partial charge < -0.3 is 10.5 Å². The van der Waals surface area contributed by atoms with E-state index in [4.69, 9.17) is 17.3 Å². The molecule has 0 unspecified atom stereocenters. The van der Waals surface area contributed by atoms with Crippen LogP contribution in [0.3, 0.4) is 0 Å². The van der Waals surface area contributed by atoms with Crippen LogP contribution in [0.5, 0.6) is 0 Å². The van der Waals surface area contributed by atoms with E-state index < -0.39 is 5.97 Å². The zero-order valence-electron chi connectivity index (χ0n) is 9.59. The SMILES string of the molecule is COC(=O)c1ncn(-c2nc(Cl)nc(C)c2N)n1. The molecule has 0 atom stereocenters. The summed E-state index contributed by atoms with van der Waals surface area (Å²) in [6, 6.07) is 0. The molecular formula is C9H9ClN6O2. The van der Waals surface area contributed by atoms with Gasteiger partial charge in [0.1, 0.15) is 6.33 Å². The first-order valence-electron chi connectivity index (χ1n) is 4.83. The van der Waals surface area contributed by atoms with Gasteiger partial charge in [-0.15, -0.1) is 5.10 Å². The second-order valence-corrected chi connectivity index (χ2v) is 3.66. The first-order valence-corrected chi connectivity index (χ1v) is 5.20. The average Bonchev–Trinajstić information content (AvgIpc) is 2.82. The molecule has 2 heterocycles. The van der Waals surface area contributed by atoms with Gasteiger partial charge >= 0.3 is 5.97 Å². The average molecular weight is 269 g/mol. The number of ether oxygens (including phenoxy) is 1. The van der Waals surface area contributed by atoms with Crippen LogP contribution in [0.25, 0.3) is 5.82 Å². The molecule has 0 aliphatic carbocycles. The largest absolute Gasteiger partial charge is 0.463 e. The number of aryl methyl sites for hydroxylation is 1. The molecule has 0 spiro atoms. The maximum atomic E-state index is 11.2. The number of nitrogen functional groups attached to an aromatic ring is 1. The number of nitrogens with two attached hydrogens (primary N) is 1. The van der Waals surface area contributed by atoms with Crippen LogP contribution in [0.15, 0.2) is 6.33 Å². The third kappa shape index (κ3) is 2.09. The topological polar surface area (TPSA) is 109 Å². The molecule has 0 radical (unpaired) electrons. The third-order valence-corrected chi connectivity index (χ3v) is 2.33. The summed E-state index contributed by atoms with van der Waals surface area (Å²) in [5, 5.41) is 3.93. The van der Waals surface area contributed by atoms with E-state index in [-0.39, 0.29) is 16.9 Å². The molecule has 0 aromatic carbocycles. The Morgan fingerprint density at radius 2 is 2.22 bits per heavy atom. The normalized spacial score (nSPS) is 10.4. The summed E-state index contributed by atoms with van der Waals surface area (Å²) in [5.74, 6) is -0.483. The number of methoxy groups -OCH3 is 1. The Balaban J connectivity index is 2.49. The van der Waals surface area contributed by atoms with Crippen LogP contribution < -0.4 is 5.73 Å². The van der Waals surface area contributed by atoms with E-state index in [1.807, 2.05) is 0 Å².